The third-order valence-electron chi connectivity index (χ3n) is 2.35. The fourth-order valence-corrected chi connectivity index (χ4v) is 2.26. The minimum absolute atomic E-state index is 0.00975. The molecule has 4 nitrogen and oxygen atoms in total. The highest BCUT2D eigenvalue weighted by Crippen LogP contribution is 2.24. The highest BCUT2D eigenvalue weighted by atomic mass is 79.9. The number of benzene rings is 1. The summed E-state index contributed by atoms with van der Waals surface area (Å²) in [7, 11) is 0. The molecule has 0 saturated carbocycles. The van der Waals surface area contributed by atoms with Crippen LogP contribution >= 0.6 is 31.9 Å². The lowest BCUT2D eigenvalue weighted by atomic mass is 10.1. The molecule has 2 N–H and O–H groups in total. The first kappa shape index (κ1) is 13.0. The Morgan fingerprint density at radius 1 is 1.17 bits per heavy atom. The Morgan fingerprint density at radius 2 is 1.89 bits per heavy atom. The van der Waals surface area contributed by atoms with Gasteiger partial charge in [0, 0.05) is 26.3 Å². The van der Waals surface area contributed by atoms with Gasteiger partial charge in [0.2, 0.25) is 0 Å². The van der Waals surface area contributed by atoms with Gasteiger partial charge in [-0.2, -0.15) is 0 Å². The lowest BCUT2D eigenvalue weighted by molar-refractivity contribution is 0.0691. The Morgan fingerprint density at radius 3 is 2.50 bits per heavy atom. The van der Waals surface area contributed by atoms with Gasteiger partial charge in [-0.05, 0) is 24.3 Å². The number of nitrogens with one attached hydrogen (secondary N) is 1. The van der Waals surface area contributed by atoms with Crippen molar-refractivity contribution in [2.75, 3.05) is 0 Å². The van der Waals surface area contributed by atoms with Crippen LogP contribution < -0.4 is 0 Å². The third kappa shape index (κ3) is 2.54. The second-order valence-corrected chi connectivity index (χ2v) is 5.33. The molecule has 1 heterocycles. The van der Waals surface area contributed by atoms with Crippen molar-refractivity contribution >= 4 is 43.6 Å². The quantitative estimate of drug-likeness (QED) is 0.810. The first-order chi connectivity index (χ1) is 8.49. The van der Waals surface area contributed by atoms with Gasteiger partial charge in [0.1, 0.15) is 5.69 Å². The molecule has 92 valence electrons. The van der Waals surface area contributed by atoms with Crippen molar-refractivity contribution in [3.8, 4) is 0 Å². The zero-order valence-corrected chi connectivity index (χ0v) is 12.1. The summed E-state index contributed by atoms with van der Waals surface area (Å²) in [5.41, 5.74) is 0.774. The smallest absolute Gasteiger partial charge is 0.352 e. The van der Waals surface area contributed by atoms with Gasteiger partial charge in [0.15, 0.2) is 5.78 Å². The predicted octanol–water partition coefficient (Wildman–Crippen LogP) is 3.47. The van der Waals surface area contributed by atoms with Crippen molar-refractivity contribution in [3.05, 3.63) is 56.2 Å². The van der Waals surface area contributed by atoms with E-state index in [-0.39, 0.29) is 11.5 Å². The molecule has 0 atom stereocenters. The molecule has 0 amide bonds. The molecule has 18 heavy (non-hydrogen) atoms. The van der Waals surface area contributed by atoms with E-state index in [9.17, 15) is 9.59 Å². The SMILES string of the molecule is O=C(O)c1cc(C(=O)c2cc(Br)ccc2Br)c[nH]1. The summed E-state index contributed by atoms with van der Waals surface area (Å²) in [5.74, 6) is -1.34. The number of aromatic carboxylic acids is 1. The summed E-state index contributed by atoms with van der Waals surface area (Å²) >= 11 is 6.59. The topological polar surface area (TPSA) is 70.2 Å². The molecule has 0 aliphatic carbocycles. The largest absolute Gasteiger partial charge is 0.477 e. The Hall–Kier alpha value is -1.40. The number of hydrogen-bond acceptors (Lipinski definition) is 2. The van der Waals surface area contributed by atoms with Gasteiger partial charge in [-0.25, -0.2) is 4.79 Å². The summed E-state index contributed by atoms with van der Waals surface area (Å²) in [6, 6.07) is 6.56. The lowest BCUT2D eigenvalue weighted by Gasteiger charge is -2.02. The normalized spacial score (nSPS) is 10.3. The number of ketones is 1. The molecule has 0 aliphatic heterocycles. The van der Waals surface area contributed by atoms with E-state index in [4.69, 9.17) is 5.11 Å². The highest BCUT2D eigenvalue weighted by Gasteiger charge is 2.16. The van der Waals surface area contributed by atoms with Crippen LogP contribution in [0.25, 0.3) is 0 Å². The molecule has 0 unspecified atom stereocenters. The zero-order valence-electron chi connectivity index (χ0n) is 8.91. The van der Waals surface area contributed by atoms with Crippen molar-refractivity contribution in [1.82, 2.24) is 4.98 Å². The molecular weight excluding hydrogens is 366 g/mol. The van der Waals surface area contributed by atoms with E-state index in [0.29, 0.717) is 15.6 Å². The second kappa shape index (κ2) is 5.07. The van der Waals surface area contributed by atoms with E-state index in [2.05, 4.69) is 36.8 Å². The second-order valence-electron chi connectivity index (χ2n) is 3.56. The van der Waals surface area contributed by atoms with Gasteiger partial charge in [0.05, 0.1) is 0 Å². The van der Waals surface area contributed by atoms with Gasteiger partial charge in [-0.15, -0.1) is 0 Å². The number of carbonyl (C=O) groups is 2. The van der Waals surface area contributed by atoms with Gasteiger partial charge in [-0.1, -0.05) is 31.9 Å². The van der Waals surface area contributed by atoms with Crippen LogP contribution in [0.3, 0.4) is 0 Å². The average Bonchev–Trinajstić information content (AvgIpc) is 2.81. The van der Waals surface area contributed by atoms with E-state index in [0.717, 1.165) is 4.47 Å². The maximum absolute atomic E-state index is 12.2. The Labute approximate surface area is 119 Å². The average molecular weight is 373 g/mol. The first-order valence-electron chi connectivity index (χ1n) is 4.90. The molecule has 0 fully saturated rings. The number of H-pyrrole nitrogens is 1. The molecule has 1 aromatic heterocycles. The fourth-order valence-electron chi connectivity index (χ4n) is 1.48. The highest BCUT2D eigenvalue weighted by molar-refractivity contribution is 9.11. The third-order valence-corrected chi connectivity index (χ3v) is 3.53. The number of rotatable bonds is 3. The Balaban J connectivity index is 2.41. The standard InChI is InChI=1S/C12H7Br2NO3/c13-7-1-2-9(14)8(4-7)11(16)6-3-10(12(17)18)15-5-6/h1-5,15H,(H,17,18). The van der Waals surface area contributed by atoms with Gasteiger partial charge in [-0.3, -0.25) is 4.79 Å². The molecule has 0 bridgehead atoms. The van der Waals surface area contributed by atoms with Gasteiger partial charge < -0.3 is 10.1 Å². The number of carbonyl (C=O) groups excluding carboxylic acids is 1. The molecule has 6 heteroatoms. The van der Waals surface area contributed by atoms with E-state index in [1.807, 2.05) is 0 Å². The molecule has 2 aromatic rings. The number of hydrogen-bond donors (Lipinski definition) is 2. The van der Waals surface area contributed by atoms with Gasteiger partial charge >= 0.3 is 5.97 Å². The van der Waals surface area contributed by atoms with Crippen molar-refractivity contribution in [2.24, 2.45) is 0 Å². The van der Waals surface area contributed by atoms with Gasteiger partial charge in [0.25, 0.3) is 0 Å². The molecule has 0 radical (unpaired) electrons. The minimum atomic E-state index is -1.10. The number of aromatic amines is 1. The van der Waals surface area contributed by atoms with Crippen LogP contribution in [-0.2, 0) is 0 Å². The molecule has 0 spiro atoms. The molecule has 1 aromatic carbocycles. The lowest BCUT2D eigenvalue weighted by Crippen LogP contribution is -2.01. The number of carboxylic acids is 1. The molecule has 2 rings (SSSR count). The van der Waals surface area contributed by atoms with Crippen LogP contribution in [0.4, 0.5) is 0 Å². The van der Waals surface area contributed by atoms with E-state index in [1.54, 1.807) is 18.2 Å². The van der Waals surface area contributed by atoms with Crippen molar-refractivity contribution < 1.29 is 14.7 Å². The maximum atomic E-state index is 12.2. The van der Waals surface area contributed by atoms with Crippen LogP contribution in [0.15, 0.2) is 39.4 Å². The van der Waals surface area contributed by atoms with Crippen LogP contribution in [0, 0.1) is 0 Å². The first-order valence-corrected chi connectivity index (χ1v) is 6.49. The summed E-state index contributed by atoms with van der Waals surface area (Å²) in [5, 5.41) is 8.79. The summed E-state index contributed by atoms with van der Waals surface area (Å²) in [6.07, 6.45) is 1.39. The molecule has 0 saturated heterocycles. The van der Waals surface area contributed by atoms with Crippen LogP contribution in [0.5, 0.6) is 0 Å². The Kier molecular flexibility index (Phi) is 3.68. The fraction of sp³-hybridized carbons (Fsp3) is 0. The summed E-state index contributed by atoms with van der Waals surface area (Å²) < 4.78 is 1.44. The van der Waals surface area contributed by atoms with E-state index in [1.165, 1.54) is 12.3 Å². The van der Waals surface area contributed by atoms with E-state index < -0.39 is 5.97 Å². The van der Waals surface area contributed by atoms with Crippen molar-refractivity contribution in [1.29, 1.82) is 0 Å². The minimum Gasteiger partial charge on any atom is -0.477 e. The number of halogens is 2. The molecular formula is C12H7Br2NO3. The zero-order chi connectivity index (χ0) is 13.3. The van der Waals surface area contributed by atoms with Crippen LogP contribution in [0.2, 0.25) is 0 Å². The monoisotopic (exact) mass is 371 g/mol. The van der Waals surface area contributed by atoms with Crippen LogP contribution in [-0.4, -0.2) is 21.8 Å². The number of carboxylic acid groups (broad SMARTS) is 1. The van der Waals surface area contributed by atoms with E-state index >= 15 is 0 Å². The predicted molar refractivity (Wildman–Crippen MR) is 73.0 cm³/mol. The maximum Gasteiger partial charge on any atom is 0.352 e. The number of aromatic nitrogens is 1. The van der Waals surface area contributed by atoms with Crippen molar-refractivity contribution in [3.63, 3.8) is 0 Å². The summed E-state index contributed by atoms with van der Waals surface area (Å²) in [6.45, 7) is 0. The molecule has 0 aliphatic rings. The Bertz CT molecular complexity index is 634. The summed E-state index contributed by atoms with van der Waals surface area (Å²) in [4.78, 5) is 25.5. The van der Waals surface area contributed by atoms with Crippen LogP contribution in [0.1, 0.15) is 26.4 Å². The van der Waals surface area contributed by atoms with Crippen molar-refractivity contribution in [2.45, 2.75) is 0 Å².